The van der Waals surface area contributed by atoms with Gasteiger partial charge in [-0.05, 0) is 30.2 Å². The number of hydrogen-bond donors (Lipinski definition) is 2. The molecule has 0 aliphatic carbocycles. The lowest BCUT2D eigenvalue weighted by molar-refractivity contribution is -0.119. The van der Waals surface area contributed by atoms with Gasteiger partial charge in [0, 0.05) is 0 Å². The number of thioether (sulfide) groups is 1. The number of rotatable bonds is 6. The Bertz CT molecular complexity index is 992. The first-order valence-electron chi connectivity index (χ1n) is 8.55. The van der Waals surface area contributed by atoms with Crippen LogP contribution in [0.4, 0.5) is 4.39 Å². The number of carbonyl (C=O) groups excluding carboxylic acids is 2. The van der Waals surface area contributed by atoms with Crippen LogP contribution in [0.3, 0.4) is 0 Å². The Kier molecular flexibility index (Phi) is 6.38. The Morgan fingerprint density at radius 1 is 1.11 bits per heavy atom. The number of hydrogen-bond acceptors (Lipinski definition) is 5. The number of hydrazine groups is 1. The lowest BCUT2D eigenvalue weighted by Crippen LogP contribution is -2.42. The van der Waals surface area contributed by atoms with Crippen molar-refractivity contribution in [2.75, 3.05) is 5.75 Å². The van der Waals surface area contributed by atoms with Gasteiger partial charge >= 0.3 is 0 Å². The molecule has 144 valence electrons. The van der Waals surface area contributed by atoms with Gasteiger partial charge in [-0.2, -0.15) is 0 Å². The summed E-state index contributed by atoms with van der Waals surface area (Å²) in [5.74, 6) is -1.83. The molecule has 2 amide bonds. The second-order valence-corrected chi connectivity index (χ2v) is 6.68. The molecule has 3 aromatic rings. The van der Waals surface area contributed by atoms with Crippen LogP contribution < -0.4 is 10.9 Å². The summed E-state index contributed by atoms with van der Waals surface area (Å²) >= 11 is 1.18. The molecule has 0 bridgehead atoms. The second kappa shape index (κ2) is 9.14. The van der Waals surface area contributed by atoms with Crippen LogP contribution in [0, 0.1) is 5.82 Å². The maximum atomic E-state index is 13.6. The summed E-state index contributed by atoms with van der Waals surface area (Å²) in [5.41, 5.74) is 6.40. The van der Waals surface area contributed by atoms with E-state index >= 15 is 0 Å². The molecule has 0 aliphatic rings. The van der Waals surface area contributed by atoms with E-state index in [1.807, 2.05) is 28.8 Å². The monoisotopic (exact) mass is 399 g/mol. The Morgan fingerprint density at radius 3 is 2.64 bits per heavy atom. The first kappa shape index (κ1) is 19.6. The fourth-order valence-corrected chi connectivity index (χ4v) is 3.26. The fourth-order valence-electron chi connectivity index (χ4n) is 2.54. The third-order valence-corrected chi connectivity index (χ3v) is 4.86. The Balaban J connectivity index is 1.58. The molecule has 0 unspecified atom stereocenters. The first-order chi connectivity index (χ1) is 13.6. The van der Waals surface area contributed by atoms with E-state index in [1.54, 1.807) is 6.33 Å². The lowest BCUT2D eigenvalue weighted by atomic mass is 10.1. The Labute approximate surface area is 165 Å². The molecule has 0 aliphatic heterocycles. The predicted octanol–water partition coefficient (Wildman–Crippen LogP) is 2.52. The number of aryl methyl sites for hydroxylation is 1. The van der Waals surface area contributed by atoms with Gasteiger partial charge in [-0.25, -0.2) is 4.39 Å². The zero-order valence-corrected chi connectivity index (χ0v) is 15.9. The van der Waals surface area contributed by atoms with Crippen molar-refractivity contribution in [3.05, 3.63) is 71.8 Å². The molecule has 0 saturated heterocycles. The lowest BCUT2D eigenvalue weighted by Gasteiger charge is -2.11. The Morgan fingerprint density at radius 2 is 1.86 bits per heavy atom. The highest BCUT2D eigenvalue weighted by molar-refractivity contribution is 7.99. The van der Waals surface area contributed by atoms with Crippen molar-refractivity contribution in [1.29, 1.82) is 0 Å². The zero-order chi connectivity index (χ0) is 19.9. The molecule has 7 nitrogen and oxygen atoms in total. The van der Waals surface area contributed by atoms with E-state index in [0.717, 1.165) is 17.7 Å². The maximum absolute atomic E-state index is 13.6. The number of nitrogens with one attached hydrogen (secondary N) is 2. The van der Waals surface area contributed by atoms with Crippen LogP contribution >= 0.6 is 11.8 Å². The van der Waals surface area contributed by atoms with Gasteiger partial charge in [0.2, 0.25) is 5.91 Å². The summed E-state index contributed by atoms with van der Waals surface area (Å²) in [6, 6.07) is 13.4. The predicted molar refractivity (Wildman–Crippen MR) is 103 cm³/mol. The molecule has 9 heteroatoms. The Hall–Kier alpha value is -3.20. The van der Waals surface area contributed by atoms with Crippen molar-refractivity contribution < 1.29 is 14.0 Å². The van der Waals surface area contributed by atoms with Crippen LogP contribution in [0.2, 0.25) is 0 Å². The van der Waals surface area contributed by atoms with E-state index in [-0.39, 0.29) is 11.3 Å². The number of aromatic nitrogens is 3. The average Bonchev–Trinajstić information content (AvgIpc) is 3.19. The molecule has 0 radical (unpaired) electrons. The van der Waals surface area contributed by atoms with Crippen molar-refractivity contribution in [2.45, 2.75) is 18.5 Å². The van der Waals surface area contributed by atoms with Crippen molar-refractivity contribution in [2.24, 2.45) is 0 Å². The van der Waals surface area contributed by atoms with Gasteiger partial charge < -0.3 is 0 Å². The minimum absolute atomic E-state index is 0.00450. The van der Waals surface area contributed by atoms with Crippen LogP contribution in [0.5, 0.6) is 0 Å². The molecular formula is C19H18FN5O2S. The van der Waals surface area contributed by atoms with E-state index in [4.69, 9.17) is 0 Å². The summed E-state index contributed by atoms with van der Waals surface area (Å²) in [5, 5.41) is 8.53. The van der Waals surface area contributed by atoms with E-state index in [0.29, 0.717) is 5.16 Å². The number of para-hydroxylation sites is 1. The van der Waals surface area contributed by atoms with Gasteiger partial charge in [0.05, 0.1) is 17.0 Å². The van der Waals surface area contributed by atoms with Crippen molar-refractivity contribution in [3.8, 4) is 5.69 Å². The number of amides is 2. The number of nitrogens with zero attached hydrogens (tertiary/aromatic N) is 3. The molecule has 0 atom stereocenters. The van der Waals surface area contributed by atoms with E-state index in [2.05, 4.69) is 28.0 Å². The molecule has 2 aromatic carbocycles. The molecular weight excluding hydrogens is 381 g/mol. The smallest absolute Gasteiger partial charge is 0.272 e. The molecule has 1 heterocycles. The van der Waals surface area contributed by atoms with Crippen LogP contribution in [0.25, 0.3) is 5.69 Å². The third-order valence-electron chi connectivity index (χ3n) is 3.91. The molecule has 0 spiro atoms. The minimum atomic E-state index is -0.725. The highest BCUT2D eigenvalue weighted by Crippen LogP contribution is 2.22. The summed E-state index contributed by atoms with van der Waals surface area (Å²) in [6.07, 6.45) is 2.44. The molecule has 2 N–H and O–H groups in total. The SMILES string of the molecule is CCc1ccccc1-n1cnnc1SCC(=O)NNC(=O)c1ccccc1F. The summed E-state index contributed by atoms with van der Waals surface area (Å²) < 4.78 is 15.4. The zero-order valence-electron chi connectivity index (χ0n) is 15.1. The molecule has 1 aromatic heterocycles. The van der Waals surface area contributed by atoms with Crippen LogP contribution in [0.1, 0.15) is 22.8 Å². The van der Waals surface area contributed by atoms with Gasteiger partial charge in [-0.1, -0.05) is 49.0 Å². The van der Waals surface area contributed by atoms with Crippen LogP contribution in [0.15, 0.2) is 60.0 Å². The second-order valence-electron chi connectivity index (χ2n) is 5.74. The van der Waals surface area contributed by atoms with Gasteiger partial charge in [0.15, 0.2) is 5.16 Å². The van der Waals surface area contributed by atoms with Gasteiger partial charge in [-0.15, -0.1) is 10.2 Å². The normalized spacial score (nSPS) is 10.5. The summed E-state index contributed by atoms with van der Waals surface area (Å²) in [7, 11) is 0. The highest BCUT2D eigenvalue weighted by Gasteiger charge is 2.14. The molecule has 3 rings (SSSR count). The van der Waals surface area contributed by atoms with E-state index in [9.17, 15) is 14.0 Å². The summed E-state index contributed by atoms with van der Waals surface area (Å²) in [4.78, 5) is 23.9. The standard InChI is InChI=1S/C19H18FN5O2S/c1-2-13-7-3-6-10-16(13)25-12-21-24-19(25)28-11-17(26)22-23-18(27)14-8-4-5-9-15(14)20/h3-10,12H,2,11H2,1H3,(H,22,26)(H,23,27). The third kappa shape index (κ3) is 4.55. The number of benzene rings is 2. The van der Waals surface area contributed by atoms with E-state index in [1.165, 1.54) is 36.0 Å². The highest BCUT2D eigenvalue weighted by atomic mass is 32.2. The van der Waals surface area contributed by atoms with Crippen LogP contribution in [-0.2, 0) is 11.2 Å². The number of halogens is 1. The number of carbonyl (C=O) groups is 2. The quantitative estimate of drug-likeness (QED) is 0.491. The van der Waals surface area contributed by atoms with Crippen molar-refractivity contribution in [1.82, 2.24) is 25.6 Å². The summed E-state index contributed by atoms with van der Waals surface area (Å²) in [6.45, 7) is 2.06. The van der Waals surface area contributed by atoms with Gasteiger partial charge in [0.1, 0.15) is 12.1 Å². The maximum Gasteiger partial charge on any atom is 0.272 e. The molecule has 0 fully saturated rings. The minimum Gasteiger partial charge on any atom is -0.276 e. The topological polar surface area (TPSA) is 88.9 Å². The molecule has 0 saturated carbocycles. The largest absolute Gasteiger partial charge is 0.276 e. The van der Waals surface area contributed by atoms with E-state index < -0.39 is 17.6 Å². The first-order valence-corrected chi connectivity index (χ1v) is 9.53. The fraction of sp³-hybridized carbons (Fsp3) is 0.158. The van der Waals surface area contributed by atoms with Gasteiger partial charge in [0.25, 0.3) is 5.91 Å². The molecule has 28 heavy (non-hydrogen) atoms. The van der Waals surface area contributed by atoms with Crippen LogP contribution in [-0.4, -0.2) is 32.3 Å². The van der Waals surface area contributed by atoms with Crippen molar-refractivity contribution in [3.63, 3.8) is 0 Å². The van der Waals surface area contributed by atoms with Gasteiger partial charge in [-0.3, -0.25) is 25.0 Å². The average molecular weight is 399 g/mol. The van der Waals surface area contributed by atoms with Crippen molar-refractivity contribution >= 4 is 23.6 Å².